The average Bonchev–Trinajstić information content (AvgIpc) is 3.62. The maximum atomic E-state index is 2.58. The highest BCUT2D eigenvalue weighted by molar-refractivity contribution is 6.17. The van der Waals surface area contributed by atoms with E-state index in [-0.39, 0.29) is 5.41 Å². The van der Waals surface area contributed by atoms with Crippen molar-refractivity contribution >= 4 is 49.6 Å². The predicted octanol–water partition coefficient (Wildman–Crippen LogP) is 16.1. The second-order valence-electron chi connectivity index (χ2n) is 17.1. The molecule has 1 aliphatic carbocycles. The molecule has 1 fully saturated rings. The van der Waals surface area contributed by atoms with E-state index in [0.717, 1.165) is 22.7 Å². The van der Waals surface area contributed by atoms with Crippen LogP contribution in [-0.4, -0.2) is 4.57 Å². The van der Waals surface area contributed by atoms with Gasteiger partial charge in [-0.1, -0.05) is 173 Å². The first kappa shape index (κ1) is 36.0. The van der Waals surface area contributed by atoms with E-state index >= 15 is 0 Å². The third-order valence-corrected chi connectivity index (χ3v) is 12.5. The van der Waals surface area contributed by atoms with Gasteiger partial charge in [-0.2, -0.15) is 0 Å². The zero-order valence-corrected chi connectivity index (χ0v) is 33.8. The topological polar surface area (TPSA) is 8.17 Å². The van der Waals surface area contributed by atoms with Crippen LogP contribution in [0.1, 0.15) is 69.9 Å². The maximum Gasteiger partial charge on any atom is 0.0562 e. The molecule has 10 rings (SSSR count). The molecular formula is C56H50N2. The number of benzene rings is 8. The van der Waals surface area contributed by atoms with Crippen molar-refractivity contribution in [2.45, 2.75) is 64.2 Å². The van der Waals surface area contributed by atoms with Crippen molar-refractivity contribution in [1.29, 1.82) is 0 Å². The lowest BCUT2D eigenvalue weighted by Gasteiger charge is -2.32. The number of hydrogen-bond acceptors (Lipinski definition) is 1. The molecule has 0 spiro atoms. The van der Waals surface area contributed by atoms with E-state index in [1.54, 1.807) is 0 Å². The van der Waals surface area contributed by atoms with Gasteiger partial charge in [0.2, 0.25) is 0 Å². The second-order valence-corrected chi connectivity index (χ2v) is 17.1. The molecule has 0 radical (unpaired) electrons. The van der Waals surface area contributed by atoms with Crippen LogP contribution >= 0.6 is 0 Å². The molecule has 1 saturated carbocycles. The molecule has 284 valence electrons. The van der Waals surface area contributed by atoms with Crippen molar-refractivity contribution in [1.82, 2.24) is 4.57 Å². The Morgan fingerprint density at radius 1 is 0.483 bits per heavy atom. The quantitative estimate of drug-likeness (QED) is 0.157. The molecule has 8 aromatic carbocycles. The minimum absolute atomic E-state index is 0.0214. The van der Waals surface area contributed by atoms with E-state index in [2.05, 4.69) is 212 Å². The largest absolute Gasteiger partial charge is 0.309 e. The molecule has 1 aromatic heterocycles. The van der Waals surface area contributed by atoms with Crippen LogP contribution in [-0.2, 0) is 5.41 Å². The summed E-state index contributed by atoms with van der Waals surface area (Å²) in [6.45, 7) is 6.94. The number of para-hydroxylation sites is 3. The molecule has 9 aromatic rings. The highest BCUT2D eigenvalue weighted by Gasteiger charge is 2.28. The fourth-order valence-electron chi connectivity index (χ4n) is 9.72. The van der Waals surface area contributed by atoms with Gasteiger partial charge in [-0.15, -0.1) is 0 Å². The zero-order valence-electron chi connectivity index (χ0n) is 33.8. The van der Waals surface area contributed by atoms with Crippen LogP contribution in [0.3, 0.4) is 0 Å². The summed E-state index contributed by atoms with van der Waals surface area (Å²) in [4.78, 5) is 2.58. The molecule has 0 atom stereocenters. The lowest BCUT2D eigenvalue weighted by molar-refractivity contribution is 0.445. The summed E-state index contributed by atoms with van der Waals surface area (Å²) in [5.41, 5.74) is 14.8. The van der Waals surface area contributed by atoms with Crippen LogP contribution in [0.15, 0.2) is 182 Å². The first-order chi connectivity index (χ1) is 28.5. The molecule has 0 bridgehead atoms. The second kappa shape index (κ2) is 14.8. The first-order valence-corrected chi connectivity index (χ1v) is 21.1. The van der Waals surface area contributed by atoms with E-state index in [1.165, 1.54) is 98.1 Å². The fourth-order valence-corrected chi connectivity index (χ4v) is 9.72. The molecule has 0 aliphatic heterocycles. The lowest BCUT2D eigenvalue weighted by atomic mass is 9.80. The van der Waals surface area contributed by atoms with Gasteiger partial charge in [-0.3, -0.25) is 0 Å². The Morgan fingerprint density at radius 2 is 1.10 bits per heavy atom. The number of fused-ring (bicyclic) bond motifs is 4. The summed E-state index contributed by atoms with van der Waals surface area (Å²) in [6, 6.07) is 67.8. The maximum absolute atomic E-state index is 2.58. The van der Waals surface area contributed by atoms with Gasteiger partial charge in [-0.25, -0.2) is 0 Å². The summed E-state index contributed by atoms with van der Waals surface area (Å²) in [5.74, 6) is 0.578. The summed E-state index contributed by atoms with van der Waals surface area (Å²) >= 11 is 0. The summed E-state index contributed by atoms with van der Waals surface area (Å²) in [5, 5.41) is 5.18. The van der Waals surface area contributed by atoms with Crippen molar-refractivity contribution in [3.63, 3.8) is 0 Å². The molecular weight excluding hydrogens is 701 g/mol. The van der Waals surface area contributed by atoms with Gasteiger partial charge in [0, 0.05) is 27.6 Å². The van der Waals surface area contributed by atoms with Crippen LogP contribution in [0.5, 0.6) is 0 Å². The molecule has 2 nitrogen and oxygen atoms in total. The summed E-state index contributed by atoms with van der Waals surface area (Å²) < 4.78 is 2.43. The summed E-state index contributed by atoms with van der Waals surface area (Å²) in [7, 11) is 0. The Hall–Kier alpha value is -6.38. The Labute approximate surface area is 343 Å². The molecule has 2 heteroatoms. The lowest BCUT2D eigenvalue weighted by Crippen LogP contribution is -2.15. The average molecular weight is 751 g/mol. The number of hydrogen-bond donors (Lipinski definition) is 0. The third kappa shape index (κ3) is 6.28. The number of rotatable bonds is 7. The van der Waals surface area contributed by atoms with Crippen molar-refractivity contribution in [3.8, 4) is 27.9 Å². The monoisotopic (exact) mass is 750 g/mol. The molecule has 0 saturated heterocycles. The van der Waals surface area contributed by atoms with Crippen LogP contribution in [0, 0.1) is 0 Å². The van der Waals surface area contributed by atoms with E-state index < -0.39 is 0 Å². The molecule has 0 N–H and O–H groups in total. The normalized spacial score (nSPS) is 13.7. The van der Waals surface area contributed by atoms with Crippen molar-refractivity contribution in [2.75, 3.05) is 4.90 Å². The van der Waals surface area contributed by atoms with Crippen molar-refractivity contribution in [2.24, 2.45) is 0 Å². The third-order valence-electron chi connectivity index (χ3n) is 12.5. The number of nitrogens with zero attached hydrogens (tertiary/aromatic N) is 2. The van der Waals surface area contributed by atoms with Gasteiger partial charge in [0.05, 0.1) is 28.1 Å². The minimum atomic E-state index is -0.0214. The Bertz CT molecular complexity index is 2900. The number of anilines is 3. The molecule has 0 amide bonds. The van der Waals surface area contributed by atoms with Crippen LogP contribution < -0.4 is 4.90 Å². The SMILES string of the molecule is CC(C)(C)c1ccc(N(c2ccccc2-c2cccc3cccc(C4CCCCC4)c23)c2cccc3c2c2ccccc2n3-c2ccccc2)c(-c2ccccc2)c1. The van der Waals surface area contributed by atoms with Gasteiger partial charge in [0.15, 0.2) is 0 Å². The zero-order chi connectivity index (χ0) is 39.2. The van der Waals surface area contributed by atoms with Crippen molar-refractivity contribution in [3.05, 3.63) is 193 Å². The van der Waals surface area contributed by atoms with E-state index in [9.17, 15) is 0 Å². The Morgan fingerprint density at radius 3 is 1.90 bits per heavy atom. The van der Waals surface area contributed by atoms with E-state index in [1.807, 2.05) is 0 Å². The summed E-state index contributed by atoms with van der Waals surface area (Å²) in [6.07, 6.45) is 6.47. The first-order valence-electron chi connectivity index (χ1n) is 21.1. The predicted molar refractivity (Wildman–Crippen MR) is 248 cm³/mol. The van der Waals surface area contributed by atoms with Crippen LogP contribution in [0.2, 0.25) is 0 Å². The van der Waals surface area contributed by atoms with Gasteiger partial charge >= 0.3 is 0 Å². The van der Waals surface area contributed by atoms with Crippen LogP contribution in [0.25, 0.3) is 60.5 Å². The van der Waals surface area contributed by atoms with Gasteiger partial charge in [0.1, 0.15) is 0 Å². The van der Waals surface area contributed by atoms with Crippen LogP contribution in [0.4, 0.5) is 17.1 Å². The van der Waals surface area contributed by atoms with E-state index in [4.69, 9.17) is 0 Å². The molecule has 58 heavy (non-hydrogen) atoms. The van der Waals surface area contributed by atoms with Crippen molar-refractivity contribution < 1.29 is 0 Å². The Kier molecular flexibility index (Phi) is 9.21. The fraction of sp³-hybridized carbons (Fsp3) is 0.179. The minimum Gasteiger partial charge on any atom is -0.309 e. The molecule has 1 aliphatic rings. The van der Waals surface area contributed by atoms with Gasteiger partial charge < -0.3 is 9.47 Å². The smallest absolute Gasteiger partial charge is 0.0562 e. The van der Waals surface area contributed by atoms with Gasteiger partial charge in [0.25, 0.3) is 0 Å². The van der Waals surface area contributed by atoms with Gasteiger partial charge in [-0.05, 0) is 106 Å². The van der Waals surface area contributed by atoms with E-state index in [0.29, 0.717) is 5.92 Å². The highest BCUT2D eigenvalue weighted by Crippen LogP contribution is 2.51. The Balaban J connectivity index is 1.32. The molecule has 0 unspecified atom stereocenters. The molecule has 1 heterocycles. The number of aromatic nitrogens is 1. The standard InChI is InChI=1S/C56H50N2/c1-56(2,3)42-36-37-51(48(38-42)40-22-9-5-10-23-40)58(53-35-19-34-52-55(53)47-29-14-16-33-50(47)57(52)43-26-11-6-12-27-43)49-32-15-13-28-45(49)46-31-18-25-41-24-17-30-44(54(41)46)39-20-7-4-8-21-39/h5-6,9-19,22-39H,4,7-8,20-21H2,1-3H3. The highest BCUT2D eigenvalue weighted by atomic mass is 15.2.